The summed E-state index contributed by atoms with van der Waals surface area (Å²) in [6.07, 6.45) is 1.67. The first-order valence-corrected chi connectivity index (χ1v) is 4.73. The molecule has 0 aliphatic rings. The van der Waals surface area contributed by atoms with Crippen molar-refractivity contribution in [1.29, 1.82) is 0 Å². The van der Waals surface area contributed by atoms with Gasteiger partial charge in [0.1, 0.15) is 12.4 Å². The Morgan fingerprint density at radius 1 is 1.40 bits per heavy atom. The van der Waals surface area contributed by atoms with Gasteiger partial charge in [-0.1, -0.05) is 18.2 Å². The fraction of sp³-hybridized carbons (Fsp3) is 0.182. The molecule has 0 saturated heterocycles. The number of benzene rings is 1. The third-order valence-corrected chi connectivity index (χ3v) is 2.12. The molecule has 0 spiro atoms. The SMILES string of the molecule is Cc1ccccc1OCc1cnc(N)[nH]1. The van der Waals surface area contributed by atoms with E-state index in [1.807, 2.05) is 31.2 Å². The van der Waals surface area contributed by atoms with Crippen LogP contribution in [0.2, 0.25) is 0 Å². The summed E-state index contributed by atoms with van der Waals surface area (Å²) in [5.41, 5.74) is 7.44. The second-order valence-corrected chi connectivity index (χ2v) is 3.35. The zero-order valence-electron chi connectivity index (χ0n) is 8.53. The number of nitrogens with zero attached hydrogens (tertiary/aromatic N) is 1. The maximum atomic E-state index is 5.61. The monoisotopic (exact) mass is 203 g/mol. The van der Waals surface area contributed by atoms with Crippen molar-refractivity contribution >= 4 is 5.95 Å². The number of nitrogens with one attached hydrogen (secondary N) is 1. The number of aromatic amines is 1. The van der Waals surface area contributed by atoms with Crippen molar-refractivity contribution < 1.29 is 4.74 Å². The molecule has 0 unspecified atom stereocenters. The van der Waals surface area contributed by atoms with E-state index in [0.717, 1.165) is 17.0 Å². The van der Waals surface area contributed by atoms with Crippen LogP contribution >= 0.6 is 0 Å². The first-order chi connectivity index (χ1) is 7.25. The molecular weight excluding hydrogens is 190 g/mol. The van der Waals surface area contributed by atoms with Gasteiger partial charge in [-0.15, -0.1) is 0 Å². The van der Waals surface area contributed by atoms with Gasteiger partial charge in [0.15, 0.2) is 5.95 Å². The molecule has 78 valence electrons. The van der Waals surface area contributed by atoms with Crippen LogP contribution in [0.25, 0.3) is 0 Å². The maximum Gasteiger partial charge on any atom is 0.197 e. The van der Waals surface area contributed by atoms with Gasteiger partial charge in [-0.05, 0) is 18.6 Å². The second kappa shape index (κ2) is 4.04. The van der Waals surface area contributed by atoms with E-state index in [0.29, 0.717) is 12.6 Å². The van der Waals surface area contributed by atoms with Crippen molar-refractivity contribution in [2.75, 3.05) is 5.73 Å². The van der Waals surface area contributed by atoms with E-state index >= 15 is 0 Å². The highest BCUT2D eigenvalue weighted by Crippen LogP contribution is 2.17. The predicted octanol–water partition coefficient (Wildman–Crippen LogP) is 1.88. The average Bonchev–Trinajstić information content (AvgIpc) is 2.63. The van der Waals surface area contributed by atoms with Crippen LogP contribution in [0, 0.1) is 6.92 Å². The predicted molar refractivity (Wildman–Crippen MR) is 58.5 cm³/mol. The molecule has 0 amide bonds. The van der Waals surface area contributed by atoms with Crippen molar-refractivity contribution in [3.63, 3.8) is 0 Å². The largest absolute Gasteiger partial charge is 0.487 e. The first-order valence-electron chi connectivity index (χ1n) is 4.73. The van der Waals surface area contributed by atoms with Crippen LogP contribution in [0.5, 0.6) is 5.75 Å². The van der Waals surface area contributed by atoms with Crippen molar-refractivity contribution in [1.82, 2.24) is 9.97 Å². The highest BCUT2D eigenvalue weighted by molar-refractivity contribution is 5.32. The third-order valence-electron chi connectivity index (χ3n) is 2.12. The molecule has 0 atom stereocenters. The minimum atomic E-state index is 0.415. The molecule has 2 aromatic rings. The number of hydrogen-bond donors (Lipinski definition) is 2. The number of para-hydroxylation sites is 1. The number of H-pyrrole nitrogens is 1. The zero-order valence-corrected chi connectivity index (χ0v) is 8.53. The van der Waals surface area contributed by atoms with Crippen LogP contribution in [0.1, 0.15) is 11.3 Å². The van der Waals surface area contributed by atoms with E-state index < -0.39 is 0 Å². The van der Waals surface area contributed by atoms with Gasteiger partial charge < -0.3 is 15.5 Å². The molecule has 0 fully saturated rings. The van der Waals surface area contributed by atoms with E-state index in [1.165, 1.54) is 0 Å². The summed E-state index contributed by atoms with van der Waals surface area (Å²) >= 11 is 0. The molecule has 0 aliphatic heterocycles. The molecule has 4 nitrogen and oxygen atoms in total. The highest BCUT2D eigenvalue weighted by atomic mass is 16.5. The number of rotatable bonds is 3. The summed E-state index contributed by atoms with van der Waals surface area (Å²) in [6.45, 7) is 2.46. The Labute approximate surface area is 88.1 Å². The fourth-order valence-corrected chi connectivity index (χ4v) is 1.32. The van der Waals surface area contributed by atoms with Crippen LogP contribution < -0.4 is 10.5 Å². The van der Waals surface area contributed by atoms with E-state index in [9.17, 15) is 0 Å². The standard InChI is InChI=1S/C11H13N3O/c1-8-4-2-3-5-10(8)15-7-9-6-13-11(12)14-9/h2-6H,7H2,1H3,(H3,12,13,14). The Morgan fingerprint density at radius 2 is 2.20 bits per heavy atom. The Kier molecular flexibility index (Phi) is 2.58. The molecule has 0 saturated carbocycles. The average molecular weight is 203 g/mol. The van der Waals surface area contributed by atoms with Gasteiger partial charge in [0.2, 0.25) is 0 Å². The van der Waals surface area contributed by atoms with E-state index in [2.05, 4.69) is 9.97 Å². The molecule has 15 heavy (non-hydrogen) atoms. The van der Waals surface area contributed by atoms with Gasteiger partial charge in [0.25, 0.3) is 0 Å². The lowest BCUT2D eigenvalue weighted by Crippen LogP contribution is -1.97. The number of nitrogen functional groups attached to an aromatic ring is 1. The Hall–Kier alpha value is -1.97. The number of imidazole rings is 1. The summed E-state index contributed by atoms with van der Waals surface area (Å²) in [4.78, 5) is 6.80. The lowest BCUT2D eigenvalue weighted by molar-refractivity contribution is 0.300. The topological polar surface area (TPSA) is 63.9 Å². The van der Waals surface area contributed by atoms with Gasteiger partial charge in [0.05, 0.1) is 11.9 Å². The molecule has 0 radical (unpaired) electrons. The lowest BCUT2D eigenvalue weighted by Gasteiger charge is -2.06. The van der Waals surface area contributed by atoms with Crippen LogP contribution in [0.15, 0.2) is 30.5 Å². The number of aromatic nitrogens is 2. The van der Waals surface area contributed by atoms with Crippen LogP contribution in [-0.2, 0) is 6.61 Å². The van der Waals surface area contributed by atoms with E-state index in [-0.39, 0.29) is 0 Å². The van der Waals surface area contributed by atoms with Crippen molar-refractivity contribution in [2.24, 2.45) is 0 Å². The zero-order chi connectivity index (χ0) is 10.7. The molecule has 1 aromatic heterocycles. The van der Waals surface area contributed by atoms with E-state index in [1.54, 1.807) is 6.20 Å². The highest BCUT2D eigenvalue weighted by Gasteiger charge is 2.00. The number of aryl methyl sites for hydroxylation is 1. The molecule has 1 heterocycles. The third kappa shape index (κ3) is 2.28. The van der Waals surface area contributed by atoms with Gasteiger partial charge in [-0.3, -0.25) is 0 Å². The number of anilines is 1. The maximum absolute atomic E-state index is 5.61. The van der Waals surface area contributed by atoms with Crippen LogP contribution in [0.4, 0.5) is 5.95 Å². The fourth-order valence-electron chi connectivity index (χ4n) is 1.32. The summed E-state index contributed by atoms with van der Waals surface area (Å²) in [5, 5.41) is 0. The summed E-state index contributed by atoms with van der Waals surface area (Å²) in [5.74, 6) is 1.30. The first kappa shape index (κ1) is 9.58. The normalized spacial score (nSPS) is 10.2. The molecule has 1 aromatic carbocycles. The molecule has 0 aliphatic carbocycles. The van der Waals surface area contributed by atoms with Crippen LogP contribution in [-0.4, -0.2) is 9.97 Å². The summed E-state index contributed by atoms with van der Waals surface area (Å²) in [6, 6.07) is 7.88. The minimum absolute atomic E-state index is 0.415. The molecule has 2 rings (SSSR count). The van der Waals surface area contributed by atoms with Crippen molar-refractivity contribution in [2.45, 2.75) is 13.5 Å². The van der Waals surface area contributed by atoms with Gasteiger partial charge in [-0.25, -0.2) is 4.98 Å². The van der Waals surface area contributed by atoms with Crippen LogP contribution in [0.3, 0.4) is 0 Å². The van der Waals surface area contributed by atoms with Crippen molar-refractivity contribution in [3.8, 4) is 5.75 Å². The quantitative estimate of drug-likeness (QED) is 0.800. The minimum Gasteiger partial charge on any atom is -0.487 e. The lowest BCUT2D eigenvalue weighted by atomic mass is 10.2. The smallest absolute Gasteiger partial charge is 0.197 e. The number of nitrogens with two attached hydrogens (primary N) is 1. The van der Waals surface area contributed by atoms with Gasteiger partial charge in [0, 0.05) is 0 Å². The molecule has 4 heteroatoms. The summed E-state index contributed by atoms with van der Waals surface area (Å²) < 4.78 is 5.61. The number of ether oxygens (including phenoxy) is 1. The Balaban J connectivity index is 2.02. The van der Waals surface area contributed by atoms with Gasteiger partial charge >= 0.3 is 0 Å². The van der Waals surface area contributed by atoms with E-state index in [4.69, 9.17) is 10.5 Å². The number of hydrogen-bond acceptors (Lipinski definition) is 3. The molecule has 0 bridgehead atoms. The second-order valence-electron chi connectivity index (χ2n) is 3.35. The molecule has 3 N–H and O–H groups in total. The Morgan fingerprint density at radius 3 is 2.87 bits per heavy atom. The summed E-state index contributed by atoms with van der Waals surface area (Å²) in [7, 11) is 0. The Bertz CT molecular complexity index is 451. The van der Waals surface area contributed by atoms with Gasteiger partial charge in [-0.2, -0.15) is 0 Å². The molecular formula is C11H13N3O. The van der Waals surface area contributed by atoms with Crippen molar-refractivity contribution in [3.05, 3.63) is 41.7 Å².